The monoisotopic (exact) mass is 332 g/mol. The average molecular weight is 332 g/mol. The lowest BCUT2D eigenvalue weighted by Crippen LogP contribution is -2.44. The Morgan fingerprint density at radius 1 is 1.12 bits per heavy atom. The molecule has 3 heterocycles. The van der Waals surface area contributed by atoms with Gasteiger partial charge in [-0.15, -0.1) is 0 Å². The fraction of sp³-hybridized carbons (Fsp3) is 0.611. The minimum Gasteiger partial charge on any atom is -0.486 e. The minimum atomic E-state index is -0.267. The second kappa shape index (κ2) is 6.26. The summed E-state index contributed by atoms with van der Waals surface area (Å²) in [6.45, 7) is 6.59. The number of hydrogen-bond acceptors (Lipinski definition) is 5. The van der Waals surface area contributed by atoms with Crippen molar-refractivity contribution in [2.45, 2.75) is 38.3 Å². The molecule has 1 amide bonds. The Morgan fingerprint density at radius 2 is 1.88 bits per heavy atom. The number of hydrogen-bond donors (Lipinski definition) is 0. The molecular formula is C18H24N2O4. The zero-order valence-electron chi connectivity index (χ0n) is 14.1. The molecule has 4 rings (SSSR count). The van der Waals surface area contributed by atoms with Crippen LogP contribution < -0.4 is 9.47 Å². The molecule has 130 valence electrons. The first-order chi connectivity index (χ1) is 11.7. The van der Waals surface area contributed by atoms with E-state index in [1.54, 1.807) is 0 Å². The number of benzene rings is 1. The summed E-state index contributed by atoms with van der Waals surface area (Å²) in [4.78, 5) is 20.3. The number of hydroxylamine groups is 2. The molecule has 2 fully saturated rings. The smallest absolute Gasteiger partial charge is 0.249 e. The van der Waals surface area contributed by atoms with E-state index in [1.807, 2.05) is 13.0 Å². The largest absolute Gasteiger partial charge is 0.486 e. The van der Waals surface area contributed by atoms with E-state index in [9.17, 15) is 4.79 Å². The number of piperidine rings is 1. The summed E-state index contributed by atoms with van der Waals surface area (Å²) in [5.74, 6) is 1.80. The third-order valence-electron chi connectivity index (χ3n) is 5.12. The third kappa shape index (κ3) is 2.96. The van der Waals surface area contributed by atoms with Crippen LogP contribution in [-0.4, -0.2) is 54.3 Å². The molecule has 0 atom stereocenters. The van der Waals surface area contributed by atoms with Gasteiger partial charge >= 0.3 is 0 Å². The maximum Gasteiger partial charge on any atom is 0.249 e. The maximum absolute atomic E-state index is 11.9. The molecule has 1 aromatic carbocycles. The van der Waals surface area contributed by atoms with Gasteiger partial charge in [0.15, 0.2) is 11.5 Å². The van der Waals surface area contributed by atoms with Crippen molar-refractivity contribution in [2.24, 2.45) is 0 Å². The van der Waals surface area contributed by atoms with E-state index in [0.717, 1.165) is 44.0 Å². The zero-order valence-corrected chi connectivity index (χ0v) is 14.1. The van der Waals surface area contributed by atoms with Gasteiger partial charge in [0.2, 0.25) is 5.91 Å². The van der Waals surface area contributed by atoms with Gasteiger partial charge in [0.05, 0.1) is 6.42 Å². The van der Waals surface area contributed by atoms with Gasteiger partial charge < -0.3 is 9.47 Å². The van der Waals surface area contributed by atoms with E-state index in [1.165, 1.54) is 10.6 Å². The van der Waals surface area contributed by atoms with Crippen LogP contribution >= 0.6 is 0 Å². The van der Waals surface area contributed by atoms with Gasteiger partial charge in [0, 0.05) is 26.2 Å². The summed E-state index contributed by atoms with van der Waals surface area (Å²) in [6.07, 6.45) is 2.33. The van der Waals surface area contributed by atoms with Crippen LogP contribution in [0.1, 0.15) is 31.7 Å². The molecule has 0 bridgehead atoms. The van der Waals surface area contributed by atoms with E-state index in [4.69, 9.17) is 14.3 Å². The SMILES string of the molecule is CCN1OC2(CCN(Cc3ccc4c(c3)OCCO4)CC2)CC1=O. The topological polar surface area (TPSA) is 51.2 Å². The predicted molar refractivity (Wildman–Crippen MR) is 87.8 cm³/mol. The highest BCUT2D eigenvalue weighted by Gasteiger charge is 2.46. The highest BCUT2D eigenvalue weighted by molar-refractivity contribution is 5.78. The Bertz CT molecular complexity index is 625. The van der Waals surface area contributed by atoms with Gasteiger partial charge in [-0.05, 0) is 37.5 Å². The van der Waals surface area contributed by atoms with Gasteiger partial charge in [-0.25, -0.2) is 5.06 Å². The number of rotatable bonds is 3. The standard InChI is InChI=1S/C18H24N2O4/c1-2-20-17(21)12-18(24-20)5-7-19(8-6-18)13-14-3-4-15-16(11-14)23-10-9-22-15/h3-4,11H,2,5-10,12-13H2,1H3. The van der Waals surface area contributed by atoms with Crippen LogP contribution in [-0.2, 0) is 16.2 Å². The second-order valence-corrected chi connectivity index (χ2v) is 6.79. The van der Waals surface area contributed by atoms with E-state index >= 15 is 0 Å². The van der Waals surface area contributed by atoms with Gasteiger partial charge in [0.25, 0.3) is 0 Å². The molecule has 0 aromatic heterocycles. The van der Waals surface area contributed by atoms with Crippen molar-refractivity contribution in [3.05, 3.63) is 23.8 Å². The quantitative estimate of drug-likeness (QED) is 0.847. The van der Waals surface area contributed by atoms with Crippen molar-refractivity contribution in [1.82, 2.24) is 9.96 Å². The Morgan fingerprint density at radius 3 is 2.58 bits per heavy atom. The van der Waals surface area contributed by atoms with E-state index < -0.39 is 0 Å². The molecule has 1 spiro atoms. The molecule has 24 heavy (non-hydrogen) atoms. The van der Waals surface area contributed by atoms with Crippen LogP contribution in [0.15, 0.2) is 18.2 Å². The lowest BCUT2D eigenvalue weighted by atomic mass is 9.88. The predicted octanol–water partition coefficient (Wildman–Crippen LogP) is 1.98. The first-order valence-corrected chi connectivity index (χ1v) is 8.78. The summed E-state index contributed by atoms with van der Waals surface area (Å²) >= 11 is 0. The van der Waals surface area contributed by atoms with Crippen LogP contribution in [0.2, 0.25) is 0 Å². The van der Waals surface area contributed by atoms with Crippen molar-refractivity contribution in [1.29, 1.82) is 0 Å². The molecular weight excluding hydrogens is 308 g/mol. The zero-order chi connectivity index (χ0) is 16.6. The number of amides is 1. The van der Waals surface area contributed by atoms with Crippen LogP contribution in [0, 0.1) is 0 Å². The van der Waals surface area contributed by atoms with Crippen molar-refractivity contribution in [2.75, 3.05) is 32.8 Å². The van der Waals surface area contributed by atoms with E-state index in [0.29, 0.717) is 26.2 Å². The number of likely N-dealkylation sites (tertiary alicyclic amines) is 1. The molecule has 0 radical (unpaired) electrons. The second-order valence-electron chi connectivity index (χ2n) is 6.79. The summed E-state index contributed by atoms with van der Waals surface area (Å²) < 4.78 is 11.2. The van der Waals surface area contributed by atoms with E-state index in [-0.39, 0.29) is 11.5 Å². The fourth-order valence-electron chi connectivity index (χ4n) is 3.75. The fourth-order valence-corrected chi connectivity index (χ4v) is 3.75. The molecule has 0 unspecified atom stereocenters. The lowest BCUT2D eigenvalue weighted by molar-refractivity contribution is -0.208. The number of carbonyl (C=O) groups excluding carboxylic acids is 1. The molecule has 1 aromatic rings. The number of ether oxygens (including phenoxy) is 2. The number of nitrogens with zero attached hydrogens (tertiary/aromatic N) is 2. The molecule has 0 saturated carbocycles. The summed E-state index contributed by atoms with van der Waals surface area (Å²) in [7, 11) is 0. The van der Waals surface area contributed by atoms with Gasteiger partial charge in [-0.2, -0.15) is 0 Å². The Labute approximate surface area is 142 Å². The van der Waals surface area contributed by atoms with Crippen molar-refractivity contribution < 1.29 is 19.1 Å². The van der Waals surface area contributed by atoms with Gasteiger partial charge in [-0.1, -0.05) is 6.07 Å². The van der Waals surface area contributed by atoms with Crippen LogP contribution in [0.3, 0.4) is 0 Å². The lowest BCUT2D eigenvalue weighted by Gasteiger charge is -2.37. The molecule has 0 aliphatic carbocycles. The Kier molecular flexibility index (Phi) is 4.10. The normalized spacial score (nSPS) is 23.0. The van der Waals surface area contributed by atoms with Crippen molar-refractivity contribution in [3.63, 3.8) is 0 Å². The summed E-state index contributed by atoms with van der Waals surface area (Å²) in [5.41, 5.74) is 0.963. The third-order valence-corrected chi connectivity index (χ3v) is 5.12. The highest BCUT2D eigenvalue weighted by atomic mass is 16.7. The summed E-state index contributed by atoms with van der Waals surface area (Å²) in [5, 5.41) is 1.52. The maximum atomic E-state index is 11.9. The van der Waals surface area contributed by atoms with Gasteiger partial charge in [-0.3, -0.25) is 14.5 Å². The van der Waals surface area contributed by atoms with E-state index in [2.05, 4.69) is 17.0 Å². The first-order valence-electron chi connectivity index (χ1n) is 8.78. The number of fused-ring (bicyclic) bond motifs is 1. The molecule has 6 heteroatoms. The minimum absolute atomic E-state index is 0.123. The Hall–Kier alpha value is -1.79. The summed E-state index contributed by atoms with van der Waals surface area (Å²) in [6, 6.07) is 6.17. The molecule has 3 aliphatic heterocycles. The van der Waals surface area contributed by atoms with Gasteiger partial charge in [0.1, 0.15) is 18.8 Å². The van der Waals surface area contributed by atoms with Crippen molar-refractivity contribution in [3.8, 4) is 11.5 Å². The number of carbonyl (C=O) groups is 1. The average Bonchev–Trinajstić information content (AvgIpc) is 2.92. The Balaban J connectivity index is 1.36. The van der Waals surface area contributed by atoms with Crippen LogP contribution in [0.25, 0.3) is 0 Å². The molecule has 2 saturated heterocycles. The first kappa shape index (κ1) is 15.7. The molecule has 6 nitrogen and oxygen atoms in total. The molecule has 0 N–H and O–H groups in total. The van der Waals surface area contributed by atoms with Crippen LogP contribution in [0.5, 0.6) is 11.5 Å². The highest BCUT2D eigenvalue weighted by Crippen LogP contribution is 2.37. The van der Waals surface area contributed by atoms with Crippen LogP contribution in [0.4, 0.5) is 0 Å². The van der Waals surface area contributed by atoms with Crippen molar-refractivity contribution >= 4 is 5.91 Å². The molecule has 3 aliphatic rings.